The minimum atomic E-state index is 0.919. The third-order valence-corrected chi connectivity index (χ3v) is 10.9. The Morgan fingerprint density at radius 2 is 0.923 bits per heavy atom. The molecule has 0 radical (unpaired) electrons. The quantitative estimate of drug-likeness (QED) is 0.184. The van der Waals surface area contributed by atoms with Crippen molar-refractivity contribution in [2.75, 3.05) is 0 Å². The van der Waals surface area contributed by atoms with E-state index in [1.807, 2.05) is 12.1 Å². The van der Waals surface area contributed by atoms with Crippen molar-refractivity contribution >= 4 is 65.6 Å². The van der Waals surface area contributed by atoms with Gasteiger partial charge in [0.2, 0.25) is 0 Å². The average Bonchev–Trinajstić information content (AvgIpc) is 3.86. The summed E-state index contributed by atoms with van der Waals surface area (Å²) in [5.41, 5.74) is 14.9. The molecule has 0 atom stereocenters. The second-order valence-corrected chi connectivity index (χ2v) is 13.8. The first-order valence-corrected chi connectivity index (χ1v) is 17.9. The third-order valence-electron chi connectivity index (χ3n) is 10.9. The Bertz CT molecular complexity index is 3190. The summed E-state index contributed by atoms with van der Waals surface area (Å²) in [6.45, 7) is 2.21. The van der Waals surface area contributed by atoms with Crippen LogP contribution in [0.2, 0.25) is 0 Å². The van der Waals surface area contributed by atoms with E-state index in [0.717, 1.165) is 33.2 Å². The van der Waals surface area contributed by atoms with Crippen molar-refractivity contribution in [3.63, 3.8) is 0 Å². The highest BCUT2D eigenvalue weighted by Crippen LogP contribution is 2.40. The lowest BCUT2D eigenvalue weighted by molar-refractivity contribution is 0.670. The molecule has 3 aromatic heterocycles. The lowest BCUT2D eigenvalue weighted by Gasteiger charge is -2.13. The van der Waals surface area contributed by atoms with Crippen molar-refractivity contribution < 1.29 is 4.42 Å². The minimum absolute atomic E-state index is 0.919. The third kappa shape index (κ3) is 4.20. The summed E-state index contributed by atoms with van der Waals surface area (Å²) in [6, 6.07) is 63.5. The molecule has 0 aliphatic carbocycles. The molecule has 11 rings (SSSR count). The van der Waals surface area contributed by atoms with Crippen molar-refractivity contribution in [2.45, 2.75) is 6.92 Å². The van der Waals surface area contributed by atoms with Gasteiger partial charge in [-0.2, -0.15) is 0 Å². The largest absolute Gasteiger partial charge is 0.455 e. The molecule has 0 spiro atoms. The van der Waals surface area contributed by atoms with Crippen LogP contribution in [-0.2, 0) is 0 Å². The summed E-state index contributed by atoms with van der Waals surface area (Å²) in [4.78, 5) is 0. The molecule has 3 heterocycles. The number of hydrogen-bond donors (Lipinski definition) is 0. The van der Waals surface area contributed by atoms with Gasteiger partial charge in [-0.15, -0.1) is 0 Å². The van der Waals surface area contributed by atoms with E-state index in [1.165, 1.54) is 71.6 Å². The molecule has 0 N–H and O–H groups in total. The molecule has 0 fully saturated rings. The summed E-state index contributed by atoms with van der Waals surface area (Å²) in [5, 5.41) is 7.31. The van der Waals surface area contributed by atoms with Gasteiger partial charge in [-0.1, -0.05) is 109 Å². The van der Waals surface area contributed by atoms with Crippen molar-refractivity contribution in [3.05, 3.63) is 181 Å². The van der Waals surface area contributed by atoms with Crippen LogP contribution in [0.4, 0.5) is 0 Å². The normalized spacial score (nSPS) is 11.9. The second-order valence-electron chi connectivity index (χ2n) is 13.8. The summed E-state index contributed by atoms with van der Waals surface area (Å²) >= 11 is 0. The molecular weight excluding hydrogens is 633 g/mol. The lowest BCUT2D eigenvalue weighted by atomic mass is 9.98. The molecule has 3 nitrogen and oxygen atoms in total. The van der Waals surface area contributed by atoms with Crippen LogP contribution in [0.25, 0.3) is 99.2 Å². The van der Waals surface area contributed by atoms with Gasteiger partial charge in [-0.05, 0) is 95.9 Å². The van der Waals surface area contributed by atoms with Gasteiger partial charge >= 0.3 is 0 Å². The first kappa shape index (κ1) is 28.9. The first-order chi connectivity index (χ1) is 25.7. The maximum Gasteiger partial charge on any atom is 0.143 e. The van der Waals surface area contributed by atoms with Crippen LogP contribution >= 0.6 is 0 Å². The van der Waals surface area contributed by atoms with Crippen LogP contribution in [0.15, 0.2) is 180 Å². The van der Waals surface area contributed by atoms with E-state index in [0.29, 0.717) is 0 Å². The highest BCUT2D eigenvalue weighted by molar-refractivity contribution is 6.13. The van der Waals surface area contributed by atoms with E-state index in [4.69, 9.17) is 4.42 Å². The number of para-hydroxylation sites is 5. The van der Waals surface area contributed by atoms with Crippen LogP contribution in [-0.4, -0.2) is 9.13 Å². The fourth-order valence-corrected chi connectivity index (χ4v) is 8.49. The summed E-state index contributed by atoms with van der Waals surface area (Å²) in [7, 11) is 0. The number of nitrogens with zero attached hydrogens (tertiary/aromatic N) is 2. The fourth-order valence-electron chi connectivity index (χ4n) is 8.49. The Labute approximate surface area is 300 Å². The Balaban J connectivity index is 1.05. The van der Waals surface area contributed by atoms with Crippen LogP contribution in [0.1, 0.15) is 5.56 Å². The van der Waals surface area contributed by atoms with E-state index in [9.17, 15) is 0 Å². The second kappa shape index (κ2) is 11.1. The maximum atomic E-state index is 6.42. The van der Waals surface area contributed by atoms with Crippen LogP contribution in [0, 0.1) is 6.92 Å². The van der Waals surface area contributed by atoms with Crippen LogP contribution in [0.3, 0.4) is 0 Å². The van der Waals surface area contributed by atoms with Gasteiger partial charge in [0.1, 0.15) is 11.2 Å². The van der Waals surface area contributed by atoms with Crippen molar-refractivity contribution in [1.29, 1.82) is 0 Å². The van der Waals surface area contributed by atoms with Gasteiger partial charge in [0.15, 0.2) is 0 Å². The van der Waals surface area contributed by atoms with Gasteiger partial charge in [-0.3, -0.25) is 0 Å². The SMILES string of the molecule is Cc1cc(-n2c3ccccc3c3cc(-c4ccc5c(c4)c4ccccc4n5-c4ccccc4)ccc32)ccc1-c1cccc2c1oc1ccccc12. The minimum Gasteiger partial charge on any atom is -0.455 e. The lowest BCUT2D eigenvalue weighted by Crippen LogP contribution is -1.95. The molecule has 0 unspecified atom stereocenters. The monoisotopic (exact) mass is 664 g/mol. The van der Waals surface area contributed by atoms with E-state index < -0.39 is 0 Å². The zero-order valence-corrected chi connectivity index (χ0v) is 28.5. The molecule has 11 aromatic rings. The molecule has 0 bridgehead atoms. The standard InChI is InChI=1S/C49H32N2O/c1-31-28-35(24-25-36(31)40-17-11-18-41-39-16-7-10-21-48(39)52-49(40)41)51-45-20-9-6-15-38(45)43-30-33(23-27-47(43)51)32-22-26-46-42(29-32)37-14-5-8-19-44(37)50(46)34-12-3-2-4-13-34/h2-30H,1H3. The summed E-state index contributed by atoms with van der Waals surface area (Å²) in [5.74, 6) is 0. The van der Waals surface area contributed by atoms with Crippen molar-refractivity contribution in [3.8, 4) is 33.6 Å². The maximum absolute atomic E-state index is 6.42. The first-order valence-electron chi connectivity index (χ1n) is 17.9. The molecule has 0 aliphatic rings. The highest BCUT2D eigenvalue weighted by atomic mass is 16.3. The number of aryl methyl sites for hydroxylation is 1. The highest BCUT2D eigenvalue weighted by Gasteiger charge is 2.18. The molecule has 3 heteroatoms. The molecule has 244 valence electrons. The number of rotatable bonds is 4. The summed E-state index contributed by atoms with van der Waals surface area (Å²) < 4.78 is 11.2. The molecule has 0 saturated carbocycles. The average molecular weight is 665 g/mol. The molecule has 0 aliphatic heterocycles. The van der Waals surface area contributed by atoms with Crippen molar-refractivity contribution in [2.24, 2.45) is 0 Å². The van der Waals surface area contributed by atoms with E-state index in [-0.39, 0.29) is 0 Å². The number of benzene rings is 8. The zero-order valence-electron chi connectivity index (χ0n) is 28.5. The molecule has 52 heavy (non-hydrogen) atoms. The summed E-state index contributed by atoms with van der Waals surface area (Å²) in [6.07, 6.45) is 0. The van der Waals surface area contributed by atoms with E-state index in [1.54, 1.807) is 0 Å². The number of aromatic nitrogens is 2. The Kier molecular flexibility index (Phi) is 6.17. The van der Waals surface area contributed by atoms with Gasteiger partial charge < -0.3 is 13.6 Å². The number of fused-ring (bicyclic) bond motifs is 9. The molecule has 0 saturated heterocycles. The topological polar surface area (TPSA) is 23.0 Å². The van der Waals surface area contributed by atoms with Gasteiger partial charge in [0, 0.05) is 49.3 Å². The number of furan rings is 1. The Morgan fingerprint density at radius 1 is 0.365 bits per heavy atom. The van der Waals surface area contributed by atoms with Crippen molar-refractivity contribution in [1.82, 2.24) is 9.13 Å². The predicted molar refractivity (Wildman–Crippen MR) is 218 cm³/mol. The van der Waals surface area contributed by atoms with Gasteiger partial charge in [0.05, 0.1) is 22.1 Å². The Morgan fingerprint density at radius 3 is 1.60 bits per heavy atom. The van der Waals surface area contributed by atoms with Crippen LogP contribution < -0.4 is 0 Å². The number of hydrogen-bond acceptors (Lipinski definition) is 1. The molecule has 0 amide bonds. The Hall–Kier alpha value is -6.84. The fraction of sp³-hybridized carbons (Fsp3) is 0.0204. The molecular formula is C49H32N2O. The van der Waals surface area contributed by atoms with Gasteiger partial charge in [-0.25, -0.2) is 0 Å². The molecule has 8 aromatic carbocycles. The van der Waals surface area contributed by atoms with Gasteiger partial charge in [0.25, 0.3) is 0 Å². The smallest absolute Gasteiger partial charge is 0.143 e. The van der Waals surface area contributed by atoms with E-state index >= 15 is 0 Å². The zero-order chi connectivity index (χ0) is 34.3. The van der Waals surface area contributed by atoms with Crippen LogP contribution in [0.5, 0.6) is 0 Å². The van der Waals surface area contributed by atoms with E-state index in [2.05, 4.69) is 180 Å². The predicted octanol–water partition coefficient (Wildman–Crippen LogP) is 13.4.